The Labute approximate surface area is 87.1 Å². The van der Waals surface area contributed by atoms with E-state index in [-0.39, 0.29) is 17.1 Å². The number of benzene rings is 1. The quantitative estimate of drug-likeness (QED) is 0.524. The summed E-state index contributed by atoms with van der Waals surface area (Å²) in [5, 5.41) is 27.0. The Balaban J connectivity index is 3.07. The van der Waals surface area contributed by atoms with Crippen molar-refractivity contribution in [2.75, 3.05) is 0 Å². The Kier molecular flexibility index (Phi) is 3.33. The molecule has 4 heteroatoms. The Morgan fingerprint density at radius 2 is 2.00 bits per heavy atom. The Hall–Kier alpha value is -1.97. The standard InChI is InChI=1S/C11H12O4/c1-2-8(11(14)15)5-7-3-4-9(12)10(13)6-7/h3-6,12-13H,2H2,1H3,(H,14,15). The van der Waals surface area contributed by atoms with Crippen molar-refractivity contribution in [2.24, 2.45) is 0 Å². The monoisotopic (exact) mass is 208 g/mol. The van der Waals surface area contributed by atoms with E-state index in [0.717, 1.165) is 0 Å². The van der Waals surface area contributed by atoms with Gasteiger partial charge in [-0.05, 0) is 30.2 Å². The molecule has 3 N–H and O–H groups in total. The van der Waals surface area contributed by atoms with Crippen LogP contribution in [-0.2, 0) is 4.79 Å². The number of phenolic OH excluding ortho intramolecular Hbond substituents is 2. The number of aliphatic carboxylic acids is 1. The molecule has 0 saturated heterocycles. The van der Waals surface area contributed by atoms with Crippen LogP contribution in [0.5, 0.6) is 11.5 Å². The molecular formula is C11H12O4. The first-order valence-electron chi connectivity index (χ1n) is 4.50. The first-order chi connectivity index (χ1) is 7.04. The van der Waals surface area contributed by atoms with Crippen LogP contribution in [0.2, 0.25) is 0 Å². The zero-order valence-electron chi connectivity index (χ0n) is 8.27. The molecule has 1 aromatic rings. The van der Waals surface area contributed by atoms with Gasteiger partial charge >= 0.3 is 5.97 Å². The number of hydrogen-bond donors (Lipinski definition) is 3. The summed E-state index contributed by atoms with van der Waals surface area (Å²) in [5.41, 5.74) is 0.796. The molecule has 0 atom stereocenters. The first-order valence-corrected chi connectivity index (χ1v) is 4.50. The van der Waals surface area contributed by atoms with E-state index >= 15 is 0 Å². The molecule has 1 aromatic carbocycles. The van der Waals surface area contributed by atoms with Crippen molar-refractivity contribution in [3.8, 4) is 11.5 Å². The highest BCUT2D eigenvalue weighted by Gasteiger charge is 2.05. The fraction of sp³-hybridized carbons (Fsp3) is 0.182. The summed E-state index contributed by atoms with van der Waals surface area (Å²) in [6, 6.07) is 4.16. The van der Waals surface area contributed by atoms with Crippen molar-refractivity contribution < 1.29 is 20.1 Å². The number of carbonyl (C=O) groups is 1. The molecule has 0 radical (unpaired) electrons. The van der Waals surface area contributed by atoms with Crippen molar-refractivity contribution in [3.63, 3.8) is 0 Å². The lowest BCUT2D eigenvalue weighted by Gasteiger charge is -2.01. The van der Waals surface area contributed by atoms with Crippen molar-refractivity contribution in [2.45, 2.75) is 13.3 Å². The largest absolute Gasteiger partial charge is 0.504 e. The van der Waals surface area contributed by atoms with Crippen LogP contribution in [0.3, 0.4) is 0 Å². The first kappa shape index (κ1) is 11.1. The molecule has 15 heavy (non-hydrogen) atoms. The lowest BCUT2D eigenvalue weighted by atomic mass is 10.1. The fourth-order valence-electron chi connectivity index (χ4n) is 1.15. The summed E-state index contributed by atoms with van der Waals surface area (Å²) in [5.74, 6) is -1.46. The Morgan fingerprint density at radius 3 is 2.47 bits per heavy atom. The van der Waals surface area contributed by atoms with E-state index < -0.39 is 5.97 Å². The van der Waals surface area contributed by atoms with Gasteiger partial charge < -0.3 is 15.3 Å². The smallest absolute Gasteiger partial charge is 0.331 e. The van der Waals surface area contributed by atoms with Crippen molar-refractivity contribution >= 4 is 12.0 Å². The van der Waals surface area contributed by atoms with Crippen LogP contribution < -0.4 is 0 Å². The molecule has 0 amide bonds. The average molecular weight is 208 g/mol. The third-order valence-corrected chi connectivity index (χ3v) is 2.00. The van der Waals surface area contributed by atoms with Crippen molar-refractivity contribution in [1.29, 1.82) is 0 Å². The number of carboxylic acid groups (broad SMARTS) is 1. The predicted octanol–water partition coefficient (Wildman–Crippen LogP) is 1.98. The van der Waals surface area contributed by atoms with E-state index in [1.807, 2.05) is 0 Å². The van der Waals surface area contributed by atoms with Gasteiger partial charge in [0, 0.05) is 5.57 Å². The zero-order chi connectivity index (χ0) is 11.4. The summed E-state index contributed by atoms with van der Waals surface area (Å²) < 4.78 is 0. The maximum atomic E-state index is 10.7. The van der Waals surface area contributed by atoms with Gasteiger partial charge in [0.25, 0.3) is 0 Å². The lowest BCUT2D eigenvalue weighted by Crippen LogP contribution is -1.98. The fourth-order valence-corrected chi connectivity index (χ4v) is 1.15. The van der Waals surface area contributed by atoms with Gasteiger partial charge in [0.2, 0.25) is 0 Å². The van der Waals surface area contributed by atoms with E-state index in [9.17, 15) is 9.90 Å². The van der Waals surface area contributed by atoms with Gasteiger partial charge in [0.05, 0.1) is 0 Å². The molecule has 0 aliphatic rings. The molecule has 4 nitrogen and oxygen atoms in total. The maximum Gasteiger partial charge on any atom is 0.331 e. The van der Waals surface area contributed by atoms with Gasteiger partial charge in [-0.3, -0.25) is 0 Å². The number of phenols is 2. The summed E-state index contributed by atoms with van der Waals surface area (Å²) in [6.45, 7) is 1.74. The molecular weight excluding hydrogens is 196 g/mol. The summed E-state index contributed by atoms with van der Waals surface area (Å²) in [6.07, 6.45) is 1.86. The molecule has 0 bridgehead atoms. The van der Waals surface area contributed by atoms with Gasteiger partial charge in [-0.25, -0.2) is 4.79 Å². The molecule has 0 saturated carbocycles. The second-order valence-electron chi connectivity index (χ2n) is 3.08. The minimum atomic E-state index is -0.981. The second-order valence-corrected chi connectivity index (χ2v) is 3.08. The van der Waals surface area contributed by atoms with Crippen LogP contribution >= 0.6 is 0 Å². The molecule has 0 heterocycles. The molecule has 1 rings (SSSR count). The van der Waals surface area contributed by atoms with E-state index in [0.29, 0.717) is 12.0 Å². The van der Waals surface area contributed by atoms with Crippen molar-refractivity contribution in [1.82, 2.24) is 0 Å². The lowest BCUT2D eigenvalue weighted by molar-refractivity contribution is -0.132. The van der Waals surface area contributed by atoms with E-state index in [4.69, 9.17) is 10.2 Å². The van der Waals surface area contributed by atoms with Crippen LogP contribution in [-0.4, -0.2) is 21.3 Å². The van der Waals surface area contributed by atoms with Gasteiger partial charge in [0.15, 0.2) is 11.5 Å². The summed E-state index contributed by atoms with van der Waals surface area (Å²) in [7, 11) is 0. The minimum Gasteiger partial charge on any atom is -0.504 e. The second kappa shape index (κ2) is 4.50. The molecule has 0 spiro atoms. The summed E-state index contributed by atoms with van der Waals surface area (Å²) in [4.78, 5) is 10.7. The van der Waals surface area contributed by atoms with Gasteiger partial charge in [-0.1, -0.05) is 13.0 Å². The van der Waals surface area contributed by atoms with Crippen LogP contribution in [0, 0.1) is 0 Å². The van der Waals surface area contributed by atoms with Crippen molar-refractivity contribution in [3.05, 3.63) is 29.3 Å². The molecule has 80 valence electrons. The number of carboxylic acids is 1. The normalized spacial score (nSPS) is 11.4. The van der Waals surface area contributed by atoms with Gasteiger partial charge in [-0.2, -0.15) is 0 Å². The highest BCUT2D eigenvalue weighted by molar-refractivity contribution is 5.92. The van der Waals surface area contributed by atoms with Crippen LogP contribution in [0.4, 0.5) is 0 Å². The third kappa shape index (κ3) is 2.74. The Morgan fingerprint density at radius 1 is 1.33 bits per heavy atom. The van der Waals surface area contributed by atoms with E-state index in [2.05, 4.69) is 0 Å². The molecule has 0 aliphatic heterocycles. The summed E-state index contributed by atoms with van der Waals surface area (Å²) >= 11 is 0. The van der Waals surface area contributed by atoms with Gasteiger partial charge in [0.1, 0.15) is 0 Å². The number of hydrogen-bond acceptors (Lipinski definition) is 3. The number of aromatic hydroxyl groups is 2. The van der Waals surface area contributed by atoms with E-state index in [1.54, 1.807) is 6.92 Å². The SMILES string of the molecule is CCC(=Cc1ccc(O)c(O)c1)C(=O)O. The predicted molar refractivity (Wildman–Crippen MR) is 55.7 cm³/mol. The highest BCUT2D eigenvalue weighted by Crippen LogP contribution is 2.26. The van der Waals surface area contributed by atoms with Crippen LogP contribution in [0.25, 0.3) is 6.08 Å². The number of rotatable bonds is 3. The van der Waals surface area contributed by atoms with Crippen LogP contribution in [0.1, 0.15) is 18.9 Å². The molecule has 0 unspecified atom stereocenters. The zero-order valence-corrected chi connectivity index (χ0v) is 8.27. The topological polar surface area (TPSA) is 77.8 Å². The molecule has 0 aromatic heterocycles. The Bertz CT molecular complexity index is 407. The minimum absolute atomic E-state index is 0.222. The average Bonchev–Trinajstić information content (AvgIpc) is 2.19. The van der Waals surface area contributed by atoms with Crippen LogP contribution in [0.15, 0.2) is 23.8 Å². The maximum absolute atomic E-state index is 10.7. The third-order valence-electron chi connectivity index (χ3n) is 2.00. The van der Waals surface area contributed by atoms with E-state index in [1.165, 1.54) is 24.3 Å². The molecule has 0 fully saturated rings. The highest BCUT2D eigenvalue weighted by atomic mass is 16.4. The molecule has 0 aliphatic carbocycles. The van der Waals surface area contributed by atoms with Gasteiger partial charge in [-0.15, -0.1) is 0 Å².